The first-order valence-corrected chi connectivity index (χ1v) is 8.34. The number of hydrogen-bond acceptors (Lipinski definition) is 3. The van der Waals surface area contributed by atoms with Crippen LogP contribution in [-0.4, -0.2) is 21.6 Å². The van der Waals surface area contributed by atoms with Crippen LogP contribution in [0.5, 0.6) is 0 Å². The molecule has 2 aromatic carbocycles. The van der Waals surface area contributed by atoms with Gasteiger partial charge in [-0.15, -0.1) is 0 Å². The van der Waals surface area contributed by atoms with Gasteiger partial charge in [0.05, 0.1) is 23.1 Å². The van der Waals surface area contributed by atoms with Gasteiger partial charge in [0, 0.05) is 11.3 Å². The molecule has 0 saturated carbocycles. The molecule has 0 aliphatic heterocycles. The Morgan fingerprint density at radius 2 is 1.73 bits per heavy atom. The van der Waals surface area contributed by atoms with E-state index in [1.54, 1.807) is 35.1 Å². The molecule has 1 heterocycles. The fourth-order valence-electron chi connectivity index (χ4n) is 2.73. The highest BCUT2D eigenvalue weighted by atomic mass is 16.2. The lowest BCUT2D eigenvalue weighted by molar-refractivity contribution is 0.0998. The van der Waals surface area contributed by atoms with E-state index in [2.05, 4.69) is 10.4 Å². The smallest absolute Gasteiger partial charge is 0.259 e. The van der Waals surface area contributed by atoms with Gasteiger partial charge in [-0.05, 0) is 49.7 Å². The predicted octanol–water partition coefficient (Wildman–Crippen LogP) is 3.09. The first-order chi connectivity index (χ1) is 12.5. The summed E-state index contributed by atoms with van der Waals surface area (Å²) < 4.78 is 1.78. The van der Waals surface area contributed by atoms with Crippen LogP contribution in [0.15, 0.2) is 54.7 Å². The molecule has 3 N–H and O–H groups in total. The third-order valence-corrected chi connectivity index (χ3v) is 4.15. The molecule has 0 saturated heterocycles. The van der Waals surface area contributed by atoms with Crippen LogP contribution in [0.25, 0.3) is 5.69 Å². The van der Waals surface area contributed by atoms with Crippen LogP contribution in [0, 0.1) is 6.92 Å². The average molecular weight is 348 g/mol. The molecule has 1 aromatic heterocycles. The first kappa shape index (κ1) is 17.4. The van der Waals surface area contributed by atoms with Crippen LogP contribution in [0.3, 0.4) is 0 Å². The molecule has 2 amide bonds. The zero-order valence-electron chi connectivity index (χ0n) is 14.7. The maximum atomic E-state index is 12.7. The van der Waals surface area contributed by atoms with Gasteiger partial charge in [0.25, 0.3) is 5.91 Å². The van der Waals surface area contributed by atoms with Crippen molar-refractivity contribution >= 4 is 17.5 Å². The SMILES string of the molecule is CCc1c(C(=O)Nc2ccc(C(N)=O)cc2)cnn1-c1ccc(C)cc1. The summed E-state index contributed by atoms with van der Waals surface area (Å²) in [6.07, 6.45) is 2.24. The first-order valence-electron chi connectivity index (χ1n) is 8.34. The molecule has 0 aliphatic carbocycles. The number of primary amides is 1. The topological polar surface area (TPSA) is 90.0 Å². The van der Waals surface area contributed by atoms with Gasteiger partial charge in [0.2, 0.25) is 5.91 Å². The number of hydrogen-bond donors (Lipinski definition) is 2. The molecule has 0 fully saturated rings. The van der Waals surface area contributed by atoms with Crippen LogP contribution in [0.1, 0.15) is 38.9 Å². The second-order valence-electron chi connectivity index (χ2n) is 6.00. The summed E-state index contributed by atoms with van der Waals surface area (Å²) in [5, 5.41) is 7.21. The molecule has 0 aliphatic rings. The van der Waals surface area contributed by atoms with E-state index in [4.69, 9.17) is 5.73 Å². The molecular weight excluding hydrogens is 328 g/mol. The van der Waals surface area contributed by atoms with Gasteiger partial charge in [-0.1, -0.05) is 24.6 Å². The van der Waals surface area contributed by atoms with Crippen molar-refractivity contribution in [3.63, 3.8) is 0 Å². The summed E-state index contributed by atoms with van der Waals surface area (Å²) in [4.78, 5) is 23.8. The number of benzene rings is 2. The normalized spacial score (nSPS) is 10.5. The number of amides is 2. The van der Waals surface area contributed by atoms with Gasteiger partial charge >= 0.3 is 0 Å². The Balaban J connectivity index is 1.85. The van der Waals surface area contributed by atoms with Crippen LogP contribution < -0.4 is 11.1 Å². The van der Waals surface area contributed by atoms with Gasteiger partial charge < -0.3 is 11.1 Å². The van der Waals surface area contributed by atoms with Gasteiger partial charge in [0.1, 0.15) is 0 Å². The number of nitrogens with one attached hydrogen (secondary N) is 1. The number of nitrogens with zero attached hydrogens (tertiary/aromatic N) is 2. The van der Waals surface area contributed by atoms with Crippen LogP contribution in [-0.2, 0) is 6.42 Å². The summed E-state index contributed by atoms with van der Waals surface area (Å²) in [6.45, 7) is 4.01. The molecule has 0 atom stereocenters. The molecule has 26 heavy (non-hydrogen) atoms. The highest BCUT2D eigenvalue weighted by molar-refractivity contribution is 6.05. The Bertz CT molecular complexity index is 941. The summed E-state index contributed by atoms with van der Waals surface area (Å²) in [6, 6.07) is 14.4. The van der Waals surface area contributed by atoms with Gasteiger partial charge in [-0.3, -0.25) is 9.59 Å². The van der Waals surface area contributed by atoms with Crippen molar-refractivity contribution in [1.29, 1.82) is 0 Å². The van der Waals surface area contributed by atoms with Crippen molar-refractivity contribution in [3.05, 3.63) is 77.1 Å². The van der Waals surface area contributed by atoms with E-state index in [0.29, 0.717) is 23.2 Å². The molecule has 0 unspecified atom stereocenters. The summed E-state index contributed by atoms with van der Waals surface area (Å²) in [7, 11) is 0. The Labute approximate surface area is 151 Å². The summed E-state index contributed by atoms with van der Waals surface area (Å²) in [5.41, 5.74) is 9.64. The molecule has 6 heteroatoms. The minimum absolute atomic E-state index is 0.243. The molecule has 0 spiro atoms. The van der Waals surface area contributed by atoms with Gasteiger partial charge in [-0.2, -0.15) is 5.10 Å². The predicted molar refractivity (Wildman–Crippen MR) is 101 cm³/mol. The number of carbonyl (C=O) groups excluding carboxylic acids is 2. The van der Waals surface area contributed by atoms with Crippen molar-refractivity contribution in [2.24, 2.45) is 5.73 Å². The van der Waals surface area contributed by atoms with E-state index in [9.17, 15) is 9.59 Å². The number of rotatable bonds is 5. The van der Waals surface area contributed by atoms with E-state index in [1.165, 1.54) is 0 Å². The highest BCUT2D eigenvalue weighted by Gasteiger charge is 2.17. The number of aromatic nitrogens is 2. The fraction of sp³-hybridized carbons (Fsp3) is 0.150. The van der Waals surface area contributed by atoms with E-state index in [0.717, 1.165) is 16.9 Å². The molecule has 132 valence electrons. The van der Waals surface area contributed by atoms with E-state index >= 15 is 0 Å². The van der Waals surface area contributed by atoms with Crippen LogP contribution >= 0.6 is 0 Å². The van der Waals surface area contributed by atoms with E-state index < -0.39 is 5.91 Å². The maximum Gasteiger partial charge on any atom is 0.259 e. The Morgan fingerprint density at radius 1 is 1.08 bits per heavy atom. The maximum absolute atomic E-state index is 12.7. The van der Waals surface area contributed by atoms with Gasteiger partial charge in [0.15, 0.2) is 0 Å². The standard InChI is InChI=1S/C20H20N4O2/c1-3-18-17(12-22-24(18)16-10-4-13(2)5-11-16)20(26)23-15-8-6-14(7-9-15)19(21)25/h4-12H,3H2,1-2H3,(H2,21,25)(H,23,26). The zero-order valence-corrected chi connectivity index (χ0v) is 14.7. The fourth-order valence-corrected chi connectivity index (χ4v) is 2.73. The lowest BCUT2D eigenvalue weighted by atomic mass is 10.1. The van der Waals surface area contributed by atoms with Crippen molar-refractivity contribution in [1.82, 2.24) is 9.78 Å². The summed E-state index contributed by atoms with van der Waals surface area (Å²) >= 11 is 0. The number of carbonyl (C=O) groups is 2. The highest BCUT2D eigenvalue weighted by Crippen LogP contribution is 2.18. The minimum atomic E-state index is -0.504. The Hall–Kier alpha value is -3.41. The van der Waals surface area contributed by atoms with E-state index in [-0.39, 0.29) is 5.91 Å². The second-order valence-corrected chi connectivity index (χ2v) is 6.00. The van der Waals surface area contributed by atoms with Crippen molar-refractivity contribution in [2.45, 2.75) is 20.3 Å². The molecular formula is C20H20N4O2. The quantitative estimate of drug-likeness (QED) is 0.742. The molecule has 6 nitrogen and oxygen atoms in total. The van der Waals surface area contributed by atoms with Gasteiger partial charge in [-0.25, -0.2) is 4.68 Å². The molecule has 3 rings (SSSR count). The van der Waals surface area contributed by atoms with Crippen molar-refractivity contribution < 1.29 is 9.59 Å². The molecule has 0 bridgehead atoms. The third kappa shape index (κ3) is 3.49. The average Bonchev–Trinajstić information content (AvgIpc) is 3.07. The minimum Gasteiger partial charge on any atom is -0.366 e. The lowest BCUT2D eigenvalue weighted by Crippen LogP contribution is -2.15. The third-order valence-electron chi connectivity index (χ3n) is 4.15. The molecule has 0 radical (unpaired) electrons. The van der Waals surface area contributed by atoms with Crippen LogP contribution in [0.4, 0.5) is 5.69 Å². The van der Waals surface area contributed by atoms with Crippen molar-refractivity contribution in [2.75, 3.05) is 5.32 Å². The summed E-state index contributed by atoms with van der Waals surface area (Å²) in [5.74, 6) is -0.748. The monoisotopic (exact) mass is 348 g/mol. The Morgan fingerprint density at radius 3 is 2.31 bits per heavy atom. The Kier molecular flexibility index (Phi) is 4.84. The lowest BCUT2D eigenvalue weighted by Gasteiger charge is -2.09. The van der Waals surface area contributed by atoms with Crippen LogP contribution in [0.2, 0.25) is 0 Å². The van der Waals surface area contributed by atoms with Crippen molar-refractivity contribution in [3.8, 4) is 5.69 Å². The number of anilines is 1. The molecule has 3 aromatic rings. The second kappa shape index (κ2) is 7.23. The largest absolute Gasteiger partial charge is 0.366 e. The number of nitrogens with two attached hydrogens (primary N) is 1. The van der Waals surface area contributed by atoms with E-state index in [1.807, 2.05) is 38.1 Å². The number of aryl methyl sites for hydroxylation is 1. The zero-order chi connectivity index (χ0) is 18.7.